The Bertz CT molecular complexity index is 305. The Morgan fingerprint density at radius 3 is 2.50 bits per heavy atom. The third-order valence-electron chi connectivity index (χ3n) is 4.56. The number of hydrogen-bond acceptors (Lipinski definition) is 3. The van der Waals surface area contributed by atoms with Gasteiger partial charge < -0.3 is 10.0 Å². The molecule has 1 fully saturated rings. The van der Waals surface area contributed by atoms with Gasteiger partial charge in [-0.2, -0.15) is 0 Å². The summed E-state index contributed by atoms with van der Waals surface area (Å²) in [5, 5.41) is 12.7. The standard InChI is InChI=1S/C16H32N2O2/c1-5-13(3)18(6-2)12-8-7-11-16(4,15(19)20)17-14-9-10-14/h13-14,17H,5-12H2,1-4H3,(H,19,20). The molecule has 118 valence electrons. The third kappa shape index (κ3) is 5.41. The summed E-state index contributed by atoms with van der Waals surface area (Å²) in [7, 11) is 0. The number of hydrogen-bond donors (Lipinski definition) is 2. The molecule has 0 aromatic rings. The Labute approximate surface area is 123 Å². The Balaban J connectivity index is 2.31. The van der Waals surface area contributed by atoms with E-state index in [1.165, 1.54) is 6.42 Å². The Morgan fingerprint density at radius 1 is 1.40 bits per heavy atom. The number of carboxylic acid groups (broad SMARTS) is 1. The summed E-state index contributed by atoms with van der Waals surface area (Å²) in [6.07, 6.45) is 6.19. The summed E-state index contributed by atoms with van der Waals surface area (Å²) < 4.78 is 0. The number of nitrogens with one attached hydrogen (secondary N) is 1. The van der Waals surface area contributed by atoms with Crippen LogP contribution >= 0.6 is 0 Å². The lowest BCUT2D eigenvalue weighted by molar-refractivity contribution is -0.144. The van der Waals surface area contributed by atoms with Crippen molar-refractivity contribution >= 4 is 5.97 Å². The van der Waals surface area contributed by atoms with E-state index in [2.05, 4.69) is 31.0 Å². The molecule has 0 heterocycles. The van der Waals surface area contributed by atoms with Gasteiger partial charge in [0, 0.05) is 12.1 Å². The Hall–Kier alpha value is -0.610. The number of aliphatic carboxylic acids is 1. The molecule has 0 aliphatic heterocycles. The fourth-order valence-electron chi connectivity index (χ4n) is 2.66. The molecular weight excluding hydrogens is 252 g/mol. The molecule has 2 unspecified atom stereocenters. The van der Waals surface area contributed by atoms with E-state index in [-0.39, 0.29) is 0 Å². The molecule has 1 aliphatic rings. The first-order valence-electron chi connectivity index (χ1n) is 8.18. The van der Waals surface area contributed by atoms with Gasteiger partial charge in [0.1, 0.15) is 5.54 Å². The van der Waals surface area contributed by atoms with Crippen molar-refractivity contribution in [1.82, 2.24) is 10.2 Å². The smallest absolute Gasteiger partial charge is 0.323 e. The predicted molar refractivity (Wildman–Crippen MR) is 83.0 cm³/mol. The van der Waals surface area contributed by atoms with Crippen LogP contribution in [0, 0.1) is 0 Å². The van der Waals surface area contributed by atoms with Gasteiger partial charge in [-0.15, -0.1) is 0 Å². The number of carboxylic acids is 1. The summed E-state index contributed by atoms with van der Waals surface area (Å²) in [4.78, 5) is 13.9. The van der Waals surface area contributed by atoms with E-state index in [0.29, 0.717) is 12.1 Å². The molecule has 0 radical (unpaired) electrons. The number of rotatable bonds is 11. The lowest BCUT2D eigenvalue weighted by atomic mass is 9.94. The van der Waals surface area contributed by atoms with Gasteiger partial charge in [0.2, 0.25) is 0 Å². The average Bonchev–Trinajstić information content (AvgIpc) is 3.21. The first kappa shape index (κ1) is 17.4. The van der Waals surface area contributed by atoms with E-state index in [1.807, 2.05) is 6.92 Å². The molecule has 0 aromatic carbocycles. The van der Waals surface area contributed by atoms with E-state index < -0.39 is 11.5 Å². The van der Waals surface area contributed by atoms with Crippen LogP contribution < -0.4 is 5.32 Å². The molecule has 0 bridgehead atoms. The molecule has 1 saturated carbocycles. The molecule has 1 rings (SSSR count). The zero-order valence-corrected chi connectivity index (χ0v) is 13.6. The maximum Gasteiger partial charge on any atom is 0.323 e. The molecule has 0 saturated heterocycles. The van der Waals surface area contributed by atoms with Gasteiger partial charge in [0.25, 0.3) is 0 Å². The third-order valence-corrected chi connectivity index (χ3v) is 4.56. The first-order chi connectivity index (χ1) is 9.42. The van der Waals surface area contributed by atoms with Crippen LogP contribution in [-0.4, -0.2) is 46.7 Å². The van der Waals surface area contributed by atoms with Crippen molar-refractivity contribution in [2.24, 2.45) is 0 Å². The fourth-order valence-corrected chi connectivity index (χ4v) is 2.66. The summed E-state index contributed by atoms with van der Waals surface area (Å²) in [5.74, 6) is -0.710. The van der Waals surface area contributed by atoms with Gasteiger partial charge in [-0.05, 0) is 65.5 Å². The fraction of sp³-hybridized carbons (Fsp3) is 0.938. The molecular formula is C16H32N2O2. The monoisotopic (exact) mass is 284 g/mol. The van der Waals surface area contributed by atoms with Gasteiger partial charge in [-0.25, -0.2) is 0 Å². The minimum Gasteiger partial charge on any atom is -0.480 e. The van der Waals surface area contributed by atoms with Crippen LogP contribution in [-0.2, 0) is 4.79 Å². The van der Waals surface area contributed by atoms with Crippen molar-refractivity contribution in [3.8, 4) is 0 Å². The van der Waals surface area contributed by atoms with E-state index in [0.717, 1.165) is 45.2 Å². The molecule has 2 atom stereocenters. The highest BCUT2D eigenvalue weighted by atomic mass is 16.4. The summed E-state index contributed by atoms with van der Waals surface area (Å²) >= 11 is 0. The van der Waals surface area contributed by atoms with Gasteiger partial charge in [-0.3, -0.25) is 10.1 Å². The van der Waals surface area contributed by atoms with Crippen LogP contribution in [0.1, 0.15) is 66.2 Å². The molecule has 4 nitrogen and oxygen atoms in total. The van der Waals surface area contributed by atoms with E-state index in [9.17, 15) is 9.90 Å². The van der Waals surface area contributed by atoms with Crippen LogP contribution in [0.3, 0.4) is 0 Å². The zero-order chi connectivity index (χ0) is 15.2. The SMILES string of the molecule is CCC(C)N(CC)CCCCC(C)(NC1CC1)C(=O)O. The normalized spacial score (nSPS) is 19.9. The second-order valence-electron chi connectivity index (χ2n) is 6.40. The highest BCUT2D eigenvalue weighted by Crippen LogP contribution is 2.25. The number of carbonyl (C=O) groups is 1. The molecule has 2 N–H and O–H groups in total. The minimum atomic E-state index is -0.741. The van der Waals surface area contributed by atoms with Crippen molar-refractivity contribution in [2.45, 2.75) is 83.8 Å². The number of unbranched alkanes of at least 4 members (excludes halogenated alkanes) is 1. The van der Waals surface area contributed by atoms with Crippen LogP contribution in [0.25, 0.3) is 0 Å². The highest BCUT2D eigenvalue weighted by molar-refractivity contribution is 5.78. The Kier molecular flexibility index (Phi) is 6.96. The summed E-state index contributed by atoms with van der Waals surface area (Å²) in [5.41, 5.74) is -0.741. The predicted octanol–water partition coefficient (Wildman–Crippen LogP) is 2.87. The maximum atomic E-state index is 11.5. The lowest BCUT2D eigenvalue weighted by Gasteiger charge is -2.29. The van der Waals surface area contributed by atoms with Crippen molar-refractivity contribution in [3.63, 3.8) is 0 Å². The van der Waals surface area contributed by atoms with Gasteiger partial charge in [0.05, 0.1) is 0 Å². The van der Waals surface area contributed by atoms with Crippen LogP contribution in [0.5, 0.6) is 0 Å². The first-order valence-corrected chi connectivity index (χ1v) is 8.18. The van der Waals surface area contributed by atoms with Gasteiger partial charge in [-0.1, -0.05) is 13.8 Å². The molecule has 20 heavy (non-hydrogen) atoms. The minimum absolute atomic E-state index is 0.434. The molecule has 1 aliphatic carbocycles. The zero-order valence-electron chi connectivity index (χ0n) is 13.6. The van der Waals surface area contributed by atoms with Crippen molar-refractivity contribution < 1.29 is 9.90 Å². The van der Waals surface area contributed by atoms with Crippen molar-refractivity contribution in [1.29, 1.82) is 0 Å². The van der Waals surface area contributed by atoms with Gasteiger partial charge in [0.15, 0.2) is 0 Å². The van der Waals surface area contributed by atoms with Crippen molar-refractivity contribution in [2.75, 3.05) is 13.1 Å². The summed E-state index contributed by atoms with van der Waals surface area (Å²) in [6, 6.07) is 1.05. The molecule has 4 heteroatoms. The van der Waals surface area contributed by atoms with Crippen molar-refractivity contribution in [3.05, 3.63) is 0 Å². The van der Waals surface area contributed by atoms with E-state index in [1.54, 1.807) is 0 Å². The summed E-state index contributed by atoms with van der Waals surface area (Å²) in [6.45, 7) is 10.7. The second-order valence-corrected chi connectivity index (χ2v) is 6.40. The largest absolute Gasteiger partial charge is 0.480 e. The molecule has 0 spiro atoms. The molecule has 0 aromatic heterocycles. The van der Waals surface area contributed by atoms with Crippen LogP contribution in [0.15, 0.2) is 0 Å². The average molecular weight is 284 g/mol. The van der Waals surface area contributed by atoms with E-state index in [4.69, 9.17) is 0 Å². The van der Waals surface area contributed by atoms with Gasteiger partial charge >= 0.3 is 5.97 Å². The van der Waals surface area contributed by atoms with E-state index >= 15 is 0 Å². The Morgan fingerprint density at radius 2 is 2.05 bits per heavy atom. The molecule has 0 amide bonds. The van der Waals surface area contributed by atoms with Crippen LogP contribution in [0.2, 0.25) is 0 Å². The highest BCUT2D eigenvalue weighted by Gasteiger charge is 2.37. The number of nitrogens with zero attached hydrogens (tertiary/aromatic N) is 1. The topological polar surface area (TPSA) is 52.6 Å². The maximum absolute atomic E-state index is 11.5. The lowest BCUT2D eigenvalue weighted by Crippen LogP contribution is -2.50. The quantitative estimate of drug-likeness (QED) is 0.573. The van der Waals surface area contributed by atoms with Crippen LogP contribution in [0.4, 0.5) is 0 Å². The second kappa shape index (κ2) is 7.99.